The molecule has 37 heavy (non-hydrogen) atoms. The van der Waals surface area contributed by atoms with Gasteiger partial charge in [-0.2, -0.15) is 5.10 Å². The predicted octanol–water partition coefficient (Wildman–Crippen LogP) is 5.44. The molecule has 0 bridgehead atoms. The van der Waals surface area contributed by atoms with Crippen molar-refractivity contribution in [2.75, 3.05) is 18.0 Å². The summed E-state index contributed by atoms with van der Waals surface area (Å²) in [4.78, 5) is 30.7. The van der Waals surface area contributed by atoms with Crippen LogP contribution < -0.4 is 4.90 Å². The van der Waals surface area contributed by atoms with Crippen LogP contribution in [0.25, 0.3) is 28.1 Å². The lowest BCUT2D eigenvalue weighted by Gasteiger charge is -2.45. The maximum Gasteiger partial charge on any atom is 0.410 e. The number of hydrogen-bond donors (Lipinski definition) is 0. The number of nitrogens with zero attached hydrogens (tertiary/aromatic N) is 7. The molecule has 0 spiro atoms. The molecule has 0 aromatic carbocycles. The van der Waals surface area contributed by atoms with E-state index in [4.69, 9.17) is 21.3 Å². The number of piperazine rings is 1. The number of amides is 1. The zero-order valence-electron chi connectivity index (χ0n) is 22.3. The van der Waals surface area contributed by atoms with Crippen molar-refractivity contribution < 1.29 is 9.53 Å². The first-order valence-corrected chi connectivity index (χ1v) is 12.8. The van der Waals surface area contributed by atoms with E-state index in [-0.39, 0.29) is 18.2 Å². The van der Waals surface area contributed by atoms with Gasteiger partial charge in [-0.25, -0.2) is 24.3 Å². The van der Waals surface area contributed by atoms with E-state index in [0.29, 0.717) is 29.5 Å². The van der Waals surface area contributed by atoms with Gasteiger partial charge in [-0.1, -0.05) is 11.6 Å². The average Bonchev–Trinajstić information content (AvgIpc) is 3.18. The number of aryl methyl sites for hydroxylation is 2. The first-order valence-electron chi connectivity index (χ1n) is 12.5. The van der Waals surface area contributed by atoms with Gasteiger partial charge in [0.25, 0.3) is 0 Å². The fraction of sp³-hybridized carbons (Fsp3) is 0.444. The molecular formula is C27H32ClN7O2. The van der Waals surface area contributed by atoms with E-state index in [1.54, 1.807) is 10.7 Å². The second-order valence-corrected chi connectivity index (χ2v) is 11.3. The highest BCUT2D eigenvalue weighted by atomic mass is 35.5. The van der Waals surface area contributed by atoms with E-state index in [0.717, 1.165) is 33.7 Å². The van der Waals surface area contributed by atoms with Crippen molar-refractivity contribution in [3.05, 3.63) is 46.9 Å². The smallest absolute Gasteiger partial charge is 0.410 e. The molecule has 4 aromatic rings. The van der Waals surface area contributed by atoms with Crippen molar-refractivity contribution in [1.82, 2.24) is 29.5 Å². The van der Waals surface area contributed by atoms with E-state index < -0.39 is 5.60 Å². The third kappa shape index (κ3) is 4.80. The molecule has 2 atom stereocenters. The van der Waals surface area contributed by atoms with Gasteiger partial charge in [0, 0.05) is 18.5 Å². The molecule has 10 heteroatoms. The van der Waals surface area contributed by atoms with Crippen LogP contribution in [-0.4, -0.2) is 66.3 Å². The first kappa shape index (κ1) is 25.2. The average molecular weight is 522 g/mol. The van der Waals surface area contributed by atoms with E-state index in [1.807, 2.05) is 77.8 Å². The number of ether oxygens (including phenoxy) is 1. The van der Waals surface area contributed by atoms with Gasteiger partial charge < -0.3 is 9.64 Å². The third-order valence-corrected chi connectivity index (χ3v) is 6.90. The van der Waals surface area contributed by atoms with Crippen molar-refractivity contribution in [1.29, 1.82) is 0 Å². The van der Waals surface area contributed by atoms with Crippen LogP contribution in [0.3, 0.4) is 0 Å². The van der Waals surface area contributed by atoms with Crippen molar-refractivity contribution >= 4 is 40.1 Å². The summed E-state index contributed by atoms with van der Waals surface area (Å²) in [7, 11) is 0. The van der Waals surface area contributed by atoms with Crippen LogP contribution in [0.4, 0.5) is 10.5 Å². The molecule has 1 aliphatic heterocycles. The molecule has 9 nitrogen and oxygen atoms in total. The fourth-order valence-electron chi connectivity index (χ4n) is 4.96. The Balaban J connectivity index is 1.42. The van der Waals surface area contributed by atoms with E-state index in [2.05, 4.69) is 20.0 Å². The van der Waals surface area contributed by atoms with Crippen LogP contribution in [0.1, 0.15) is 45.9 Å². The number of halogens is 1. The summed E-state index contributed by atoms with van der Waals surface area (Å²) in [6, 6.07) is 5.74. The summed E-state index contributed by atoms with van der Waals surface area (Å²) in [5.74, 6) is 0. The highest BCUT2D eigenvalue weighted by Crippen LogP contribution is 2.35. The second kappa shape index (κ2) is 9.13. The second-order valence-electron chi connectivity index (χ2n) is 10.9. The molecular weight excluding hydrogens is 490 g/mol. The molecule has 1 aliphatic rings. The minimum atomic E-state index is -0.539. The van der Waals surface area contributed by atoms with Gasteiger partial charge in [-0.05, 0) is 72.2 Å². The Kier molecular flexibility index (Phi) is 6.22. The molecule has 0 N–H and O–H groups in total. The third-order valence-electron chi connectivity index (χ3n) is 6.50. The Hall–Kier alpha value is -3.46. The Labute approximate surface area is 221 Å². The summed E-state index contributed by atoms with van der Waals surface area (Å²) >= 11 is 6.91. The first-order chi connectivity index (χ1) is 17.4. The molecule has 1 saturated heterocycles. The van der Waals surface area contributed by atoms with Gasteiger partial charge in [0.1, 0.15) is 11.3 Å². The topological polar surface area (TPSA) is 88.8 Å². The molecule has 1 fully saturated rings. The number of hydrogen-bond acceptors (Lipinski definition) is 7. The summed E-state index contributed by atoms with van der Waals surface area (Å²) in [5, 5.41) is 6.06. The van der Waals surface area contributed by atoms with Crippen molar-refractivity contribution in [2.45, 2.75) is 66.2 Å². The zero-order valence-corrected chi connectivity index (χ0v) is 23.0. The van der Waals surface area contributed by atoms with Crippen LogP contribution in [0.15, 0.2) is 30.6 Å². The molecule has 0 unspecified atom stereocenters. The van der Waals surface area contributed by atoms with Crippen molar-refractivity contribution in [2.24, 2.45) is 0 Å². The van der Waals surface area contributed by atoms with Crippen molar-refractivity contribution in [3.8, 4) is 11.4 Å². The van der Waals surface area contributed by atoms with Crippen LogP contribution in [0, 0.1) is 13.8 Å². The van der Waals surface area contributed by atoms with Crippen molar-refractivity contribution in [3.63, 3.8) is 0 Å². The standard InChI is InChI=1S/C27H32ClN7O2/c1-15-10-21(32-34-12-16(2)30-25(15)34)20-9-8-19-23(28)22(11-29-24(19)31-20)33-13-17(3)35(18(4)14-33)26(36)37-27(5,6)7/h8-12,17-18H,13-14H2,1-7H3/t17-,18-/m0/s1. The molecule has 0 saturated carbocycles. The van der Waals surface area contributed by atoms with Gasteiger partial charge in [0.2, 0.25) is 0 Å². The van der Waals surface area contributed by atoms with Gasteiger partial charge in [-0.15, -0.1) is 0 Å². The molecule has 5 rings (SSSR count). The lowest BCUT2D eigenvalue weighted by Crippen LogP contribution is -2.59. The van der Waals surface area contributed by atoms with Crippen LogP contribution >= 0.6 is 11.6 Å². The zero-order chi connectivity index (χ0) is 26.6. The minimum absolute atomic E-state index is 0.0538. The molecule has 0 radical (unpaired) electrons. The largest absolute Gasteiger partial charge is 0.444 e. The maximum atomic E-state index is 12.8. The van der Waals surface area contributed by atoms with E-state index in [9.17, 15) is 4.79 Å². The minimum Gasteiger partial charge on any atom is -0.444 e. The molecule has 194 valence electrons. The number of pyridine rings is 2. The number of carbonyl (C=O) groups is 1. The number of aromatic nitrogens is 5. The van der Waals surface area contributed by atoms with Crippen LogP contribution in [0.5, 0.6) is 0 Å². The number of imidazole rings is 1. The lowest BCUT2D eigenvalue weighted by molar-refractivity contribution is 0.00566. The Morgan fingerprint density at radius 1 is 1.08 bits per heavy atom. The monoisotopic (exact) mass is 521 g/mol. The number of carbonyl (C=O) groups excluding carboxylic acids is 1. The van der Waals surface area contributed by atoms with E-state index in [1.165, 1.54) is 0 Å². The SMILES string of the molecule is Cc1cn2nc(-c3ccc4c(Cl)c(N5C[C@H](C)N(C(=O)OC(C)(C)C)[C@@H](C)C5)cnc4n3)cc(C)c2n1. The van der Waals surface area contributed by atoms with Gasteiger partial charge >= 0.3 is 6.09 Å². The Bertz CT molecular complexity index is 1500. The summed E-state index contributed by atoms with van der Waals surface area (Å²) in [6.45, 7) is 14.9. The summed E-state index contributed by atoms with van der Waals surface area (Å²) in [5.41, 5.74) is 5.08. The molecule has 1 amide bonds. The Morgan fingerprint density at radius 2 is 1.78 bits per heavy atom. The fourth-order valence-corrected chi connectivity index (χ4v) is 5.28. The molecule has 5 heterocycles. The summed E-state index contributed by atoms with van der Waals surface area (Å²) < 4.78 is 7.42. The Morgan fingerprint density at radius 3 is 2.46 bits per heavy atom. The van der Waals surface area contributed by atoms with Gasteiger partial charge in [0.15, 0.2) is 11.3 Å². The predicted molar refractivity (Wildman–Crippen MR) is 145 cm³/mol. The van der Waals surface area contributed by atoms with Gasteiger partial charge in [-0.3, -0.25) is 4.90 Å². The van der Waals surface area contributed by atoms with Gasteiger partial charge in [0.05, 0.1) is 46.6 Å². The quantitative estimate of drug-likeness (QED) is 0.347. The van der Waals surface area contributed by atoms with Crippen LogP contribution in [-0.2, 0) is 4.74 Å². The summed E-state index contributed by atoms with van der Waals surface area (Å²) in [6.07, 6.45) is 3.38. The lowest BCUT2D eigenvalue weighted by atomic mass is 10.1. The highest BCUT2D eigenvalue weighted by molar-refractivity contribution is 6.37. The van der Waals surface area contributed by atoms with Crippen LogP contribution in [0.2, 0.25) is 5.02 Å². The number of anilines is 1. The maximum absolute atomic E-state index is 12.8. The van der Waals surface area contributed by atoms with E-state index >= 15 is 0 Å². The molecule has 0 aliphatic carbocycles. The molecule has 4 aromatic heterocycles. The number of rotatable bonds is 2. The number of fused-ring (bicyclic) bond motifs is 2. The highest BCUT2D eigenvalue weighted by Gasteiger charge is 2.36. The normalized spacial score (nSPS) is 18.6.